The molecule has 0 spiro atoms. The minimum absolute atomic E-state index is 0.00259. The summed E-state index contributed by atoms with van der Waals surface area (Å²) in [5.74, 6) is 0. The van der Waals surface area contributed by atoms with Crippen LogP contribution >= 0.6 is 0 Å². The van der Waals surface area contributed by atoms with Gasteiger partial charge in [0, 0.05) is 13.7 Å². The summed E-state index contributed by atoms with van der Waals surface area (Å²) in [6.45, 7) is 0.548. The molecule has 4 N–H and O–H groups in total. The predicted octanol–water partition coefficient (Wildman–Crippen LogP) is -0.576. The van der Waals surface area contributed by atoms with Crippen LogP contribution in [0.1, 0.15) is 12.8 Å². The van der Waals surface area contributed by atoms with Gasteiger partial charge in [-0.25, -0.2) is 0 Å². The fourth-order valence-corrected chi connectivity index (χ4v) is 1.28. The van der Waals surface area contributed by atoms with Crippen LogP contribution in [-0.4, -0.2) is 32.1 Å². The van der Waals surface area contributed by atoms with Gasteiger partial charge < -0.3 is 20.9 Å². The van der Waals surface area contributed by atoms with E-state index in [4.69, 9.17) is 20.9 Å². The van der Waals surface area contributed by atoms with Crippen LogP contribution in [0.25, 0.3) is 0 Å². The van der Waals surface area contributed by atoms with Crippen molar-refractivity contribution >= 4 is 0 Å². The largest absolute Gasteiger partial charge is 0.354 e. The maximum atomic E-state index is 5.72. The molecule has 4 heteroatoms. The second-order valence-corrected chi connectivity index (χ2v) is 2.84. The molecule has 0 aromatic rings. The summed E-state index contributed by atoms with van der Waals surface area (Å²) in [7, 11) is 1.60. The molecule has 1 saturated heterocycles. The molecule has 1 fully saturated rings. The molecule has 0 radical (unpaired) electrons. The van der Waals surface area contributed by atoms with Crippen molar-refractivity contribution in [2.45, 2.75) is 31.3 Å². The van der Waals surface area contributed by atoms with E-state index in [1.165, 1.54) is 0 Å². The Bertz CT molecular complexity index is 121. The normalized spacial score (nSPS) is 39.0. The molecule has 1 aliphatic rings. The lowest BCUT2D eigenvalue weighted by Gasteiger charge is -2.32. The zero-order valence-electron chi connectivity index (χ0n) is 6.82. The smallest absolute Gasteiger partial charge is 0.172 e. The Morgan fingerprint density at radius 3 is 2.82 bits per heavy atom. The van der Waals surface area contributed by atoms with Crippen LogP contribution in [0, 0.1) is 0 Å². The van der Waals surface area contributed by atoms with Crippen molar-refractivity contribution in [3.63, 3.8) is 0 Å². The standard InChI is InChI=1S/C7H16N2O2/c1-10-7-6(9)3-2-5(4-8)11-7/h5-7H,2-4,8-9H2,1H3/t5-,6+,7-/m1/s1. The molecule has 1 rings (SSSR count). The minimum Gasteiger partial charge on any atom is -0.354 e. The van der Waals surface area contributed by atoms with Crippen LogP contribution in [-0.2, 0) is 9.47 Å². The van der Waals surface area contributed by atoms with Gasteiger partial charge in [-0.2, -0.15) is 0 Å². The molecule has 4 nitrogen and oxygen atoms in total. The van der Waals surface area contributed by atoms with E-state index in [9.17, 15) is 0 Å². The Balaban J connectivity index is 2.37. The summed E-state index contributed by atoms with van der Waals surface area (Å²) < 4.78 is 10.5. The molecular weight excluding hydrogens is 144 g/mol. The lowest BCUT2D eigenvalue weighted by molar-refractivity contribution is -0.186. The van der Waals surface area contributed by atoms with E-state index in [1.807, 2.05) is 0 Å². The number of ether oxygens (including phenoxy) is 2. The third kappa shape index (κ3) is 2.13. The van der Waals surface area contributed by atoms with Gasteiger partial charge in [0.25, 0.3) is 0 Å². The molecule has 0 saturated carbocycles. The minimum atomic E-state index is -0.266. The quantitative estimate of drug-likeness (QED) is 0.567. The first-order chi connectivity index (χ1) is 5.27. The molecule has 11 heavy (non-hydrogen) atoms. The first-order valence-electron chi connectivity index (χ1n) is 3.92. The average Bonchev–Trinajstić information content (AvgIpc) is 2.05. The van der Waals surface area contributed by atoms with Crippen molar-refractivity contribution in [2.75, 3.05) is 13.7 Å². The lowest BCUT2D eigenvalue weighted by atomic mass is 10.0. The number of nitrogens with two attached hydrogens (primary N) is 2. The van der Waals surface area contributed by atoms with Crippen molar-refractivity contribution in [3.8, 4) is 0 Å². The number of rotatable bonds is 2. The predicted molar refractivity (Wildman–Crippen MR) is 41.9 cm³/mol. The average molecular weight is 160 g/mol. The second kappa shape index (κ2) is 4.01. The number of hydrogen-bond acceptors (Lipinski definition) is 4. The topological polar surface area (TPSA) is 70.5 Å². The first-order valence-corrected chi connectivity index (χ1v) is 3.92. The zero-order valence-corrected chi connectivity index (χ0v) is 6.82. The highest BCUT2D eigenvalue weighted by molar-refractivity contribution is 4.76. The molecule has 0 aromatic heterocycles. The van der Waals surface area contributed by atoms with Gasteiger partial charge in [0.05, 0.1) is 12.1 Å². The molecular formula is C7H16N2O2. The SMILES string of the molecule is CO[C@@H]1O[C@@H](CN)CC[C@@H]1N. The van der Waals surface area contributed by atoms with E-state index in [2.05, 4.69) is 0 Å². The second-order valence-electron chi connectivity index (χ2n) is 2.84. The molecule has 0 amide bonds. The van der Waals surface area contributed by atoms with Gasteiger partial charge in [-0.15, -0.1) is 0 Å². The van der Waals surface area contributed by atoms with Gasteiger partial charge >= 0.3 is 0 Å². The van der Waals surface area contributed by atoms with Crippen LogP contribution < -0.4 is 11.5 Å². The van der Waals surface area contributed by atoms with Crippen molar-refractivity contribution in [1.82, 2.24) is 0 Å². The number of methoxy groups -OCH3 is 1. The zero-order chi connectivity index (χ0) is 8.27. The van der Waals surface area contributed by atoms with Gasteiger partial charge in [0.2, 0.25) is 0 Å². The van der Waals surface area contributed by atoms with Gasteiger partial charge in [0.15, 0.2) is 6.29 Å². The first kappa shape index (κ1) is 8.93. The maximum Gasteiger partial charge on any atom is 0.172 e. The van der Waals surface area contributed by atoms with Crippen molar-refractivity contribution < 1.29 is 9.47 Å². The Hall–Kier alpha value is -0.160. The van der Waals surface area contributed by atoms with Crippen LogP contribution in [0.5, 0.6) is 0 Å². The molecule has 3 atom stereocenters. The molecule has 1 heterocycles. The van der Waals surface area contributed by atoms with Gasteiger partial charge in [-0.05, 0) is 12.8 Å². The molecule has 0 bridgehead atoms. The highest BCUT2D eigenvalue weighted by Gasteiger charge is 2.27. The summed E-state index contributed by atoms with van der Waals surface area (Å²) in [5.41, 5.74) is 11.2. The maximum absolute atomic E-state index is 5.72. The van der Waals surface area contributed by atoms with E-state index in [1.54, 1.807) is 7.11 Å². The monoisotopic (exact) mass is 160 g/mol. The van der Waals surface area contributed by atoms with Gasteiger partial charge in [-0.3, -0.25) is 0 Å². The third-order valence-corrected chi connectivity index (χ3v) is 1.99. The Morgan fingerprint density at radius 1 is 1.55 bits per heavy atom. The Labute approximate surface area is 66.8 Å². The van der Waals surface area contributed by atoms with Gasteiger partial charge in [-0.1, -0.05) is 0 Å². The van der Waals surface area contributed by atoms with Crippen LogP contribution in [0.3, 0.4) is 0 Å². The van der Waals surface area contributed by atoms with Crippen LogP contribution in [0.15, 0.2) is 0 Å². The molecule has 0 unspecified atom stereocenters. The highest BCUT2D eigenvalue weighted by Crippen LogP contribution is 2.17. The van der Waals surface area contributed by atoms with E-state index < -0.39 is 0 Å². The van der Waals surface area contributed by atoms with Crippen molar-refractivity contribution in [1.29, 1.82) is 0 Å². The van der Waals surface area contributed by atoms with Gasteiger partial charge in [0.1, 0.15) is 0 Å². The van der Waals surface area contributed by atoms with Crippen LogP contribution in [0.4, 0.5) is 0 Å². The third-order valence-electron chi connectivity index (χ3n) is 1.99. The van der Waals surface area contributed by atoms with E-state index >= 15 is 0 Å². The summed E-state index contributed by atoms with van der Waals surface area (Å²) in [6.07, 6.45) is 1.73. The summed E-state index contributed by atoms with van der Waals surface area (Å²) in [5, 5.41) is 0. The summed E-state index contributed by atoms with van der Waals surface area (Å²) in [4.78, 5) is 0. The van der Waals surface area contributed by atoms with E-state index in [0.29, 0.717) is 6.54 Å². The Morgan fingerprint density at radius 2 is 2.27 bits per heavy atom. The fourth-order valence-electron chi connectivity index (χ4n) is 1.28. The van der Waals surface area contributed by atoms with Crippen LogP contribution in [0.2, 0.25) is 0 Å². The number of hydrogen-bond donors (Lipinski definition) is 2. The molecule has 66 valence electrons. The molecule has 1 aliphatic heterocycles. The summed E-state index contributed by atoms with van der Waals surface area (Å²) >= 11 is 0. The van der Waals surface area contributed by atoms with E-state index in [0.717, 1.165) is 12.8 Å². The summed E-state index contributed by atoms with van der Waals surface area (Å²) in [6, 6.07) is 0.00259. The highest BCUT2D eigenvalue weighted by atomic mass is 16.7. The fraction of sp³-hybridized carbons (Fsp3) is 1.00. The molecule has 0 aromatic carbocycles. The molecule has 0 aliphatic carbocycles. The van der Waals surface area contributed by atoms with Crippen molar-refractivity contribution in [3.05, 3.63) is 0 Å². The van der Waals surface area contributed by atoms with E-state index in [-0.39, 0.29) is 18.4 Å². The Kier molecular flexibility index (Phi) is 3.26. The lowest BCUT2D eigenvalue weighted by Crippen LogP contribution is -2.47. The van der Waals surface area contributed by atoms with Crippen molar-refractivity contribution in [2.24, 2.45) is 11.5 Å².